The molecule has 2 atom stereocenters. The Morgan fingerprint density at radius 2 is 2.00 bits per heavy atom. The number of hydrogen-bond donors (Lipinski definition) is 3. The minimum atomic E-state index is -0.900. The Morgan fingerprint density at radius 1 is 1.26 bits per heavy atom. The summed E-state index contributed by atoms with van der Waals surface area (Å²) in [6, 6.07) is 4.92. The lowest BCUT2D eigenvalue weighted by Gasteiger charge is -2.23. The number of carbonyl (C=O) groups excluding carboxylic acids is 2. The number of methoxy groups -OCH3 is 1. The number of esters is 1. The number of Topliss-reactive ketones (excluding diaryl/α,β-unsaturated/α-hetero) is 1. The van der Waals surface area contributed by atoms with Gasteiger partial charge in [0.15, 0.2) is 5.78 Å². The largest absolute Gasteiger partial charge is 0.507 e. The van der Waals surface area contributed by atoms with Crippen LogP contribution < -0.4 is 0 Å². The number of phenolic OH excluding ortho intramolecular Hbond substituents is 2. The predicted octanol–water partition coefficient (Wildman–Crippen LogP) is 4.85. The molecule has 0 saturated carbocycles. The Hall–Kier alpha value is -2.95. The molecule has 178 valence electrons. The molecule has 1 aliphatic heterocycles. The average Bonchev–Trinajstić information content (AvgIpc) is 3.42. The number of benzene rings is 1. The fourth-order valence-electron chi connectivity index (χ4n) is 4.18. The molecule has 0 amide bonds. The number of aromatic hydroxyl groups is 3. The molecule has 0 saturated heterocycles. The Balaban J connectivity index is 1.97. The number of ketones is 1. The van der Waals surface area contributed by atoms with Crippen molar-refractivity contribution >= 4 is 39.0 Å². The zero-order chi connectivity index (χ0) is 24.7. The SMILES string of the molecule is COC(=O)C[C@H](c1ccc(Br)s1)c1c(O)c(C(C)=O)cc([C@@H]2OCc3cnc(C)c(O)c32)c1O. The number of thiophene rings is 1. The summed E-state index contributed by atoms with van der Waals surface area (Å²) in [5.41, 5.74) is 1.67. The van der Waals surface area contributed by atoms with Gasteiger partial charge >= 0.3 is 5.97 Å². The quantitative estimate of drug-likeness (QED) is 0.295. The highest BCUT2D eigenvalue weighted by atomic mass is 79.9. The maximum atomic E-state index is 12.5. The molecule has 3 heterocycles. The lowest BCUT2D eigenvalue weighted by molar-refractivity contribution is -0.140. The Bertz CT molecular complexity index is 1300. The van der Waals surface area contributed by atoms with Gasteiger partial charge in [-0.1, -0.05) is 0 Å². The van der Waals surface area contributed by atoms with Gasteiger partial charge in [-0.05, 0) is 48.0 Å². The van der Waals surface area contributed by atoms with Crippen molar-refractivity contribution in [3.63, 3.8) is 0 Å². The van der Waals surface area contributed by atoms with Gasteiger partial charge in [-0.25, -0.2) is 0 Å². The maximum Gasteiger partial charge on any atom is 0.306 e. The second kappa shape index (κ2) is 9.36. The van der Waals surface area contributed by atoms with E-state index in [9.17, 15) is 24.9 Å². The summed E-state index contributed by atoms with van der Waals surface area (Å²) in [6.07, 6.45) is 0.516. The van der Waals surface area contributed by atoms with Crippen LogP contribution in [0.15, 0.2) is 28.2 Å². The first-order valence-electron chi connectivity index (χ1n) is 10.3. The molecule has 8 nitrogen and oxygen atoms in total. The molecule has 0 radical (unpaired) electrons. The van der Waals surface area contributed by atoms with Gasteiger partial charge in [0.2, 0.25) is 0 Å². The Morgan fingerprint density at radius 3 is 2.62 bits per heavy atom. The summed E-state index contributed by atoms with van der Waals surface area (Å²) >= 11 is 4.73. The number of aromatic nitrogens is 1. The van der Waals surface area contributed by atoms with Crippen molar-refractivity contribution < 1.29 is 34.4 Å². The van der Waals surface area contributed by atoms with Gasteiger partial charge in [-0.2, -0.15) is 0 Å². The lowest BCUT2D eigenvalue weighted by Crippen LogP contribution is -2.13. The van der Waals surface area contributed by atoms with Crippen molar-refractivity contribution in [2.45, 2.75) is 38.9 Å². The van der Waals surface area contributed by atoms with Gasteiger partial charge in [0.05, 0.1) is 35.2 Å². The molecular weight excluding hydrogens is 526 g/mol. The van der Waals surface area contributed by atoms with E-state index in [-0.39, 0.29) is 41.2 Å². The summed E-state index contributed by atoms with van der Waals surface area (Å²) in [6.45, 7) is 3.09. The molecule has 0 spiro atoms. The molecule has 3 aromatic rings. The number of carbonyl (C=O) groups is 2. The predicted molar refractivity (Wildman–Crippen MR) is 128 cm³/mol. The molecule has 0 aliphatic carbocycles. The Labute approximate surface area is 207 Å². The number of ether oxygens (including phenoxy) is 2. The van der Waals surface area contributed by atoms with E-state index in [0.717, 1.165) is 3.79 Å². The molecule has 0 unspecified atom stereocenters. The zero-order valence-electron chi connectivity index (χ0n) is 18.6. The highest BCUT2D eigenvalue weighted by Gasteiger charge is 2.36. The number of hydrogen-bond acceptors (Lipinski definition) is 9. The summed E-state index contributed by atoms with van der Waals surface area (Å²) in [7, 11) is 1.25. The Kier molecular flexibility index (Phi) is 6.66. The zero-order valence-corrected chi connectivity index (χ0v) is 21.0. The molecule has 10 heteroatoms. The van der Waals surface area contributed by atoms with E-state index in [2.05, 4.69) is 20.9 Å². The van der Waals surface area contributed by atoms with Crippen molar-refractivity contribution in [2.75, 3.05) is 7.11 Å². The standard InChI is InChI=1S/C24H22BrNO7S/c1-10-21(29)19-12(8-26-10)9-33-24(19)15-6-13(11(2)27)22(30)20(23(15)31)14(7-18(28)32-3)16-4-5-17(25)34-16/h4-6,8,14,24,29-31H,7,9H2,1-3H3/t14-,24+/m1/s1. The minimum absolute atomic E-state index is 0.0183. The molecule has 34 heavy (non-hydrogen) atoms. The van der Waals surface area contributed by atoms with E-state index < -0.39 is 29.5 Å². The highest BCUT2D eigenvalue weighted by molar-refractivity contribution is 9.11. The highest BCUT2D eigenvalue weighted by Crippen LogP contribution is 2.51. The summed E-state index contributed by atoms with van der Waals surface area (Å²) < 4.78 is 11.5. The van der Waals surface area contributed by atoms with Crippen molar-refractivity contribution in [3.8, 4) is 17.2 Å². The number of phenols is 2. The maximum absolute atomic E-state index is 12.5. The van der Waals surface area contributed by atoms with E-state index in [1.54, 1.807) is 25.3 Å². The summed E-state index contributed by atoms with van der Waals surface area (Å²) in [4.78, 5) is 29.6. The van der Waals surface area contributed by atoms with Crippen LogP contribution >= 0.6 is 27.3 Å². The van der Waals surface area contributed by atoms with E-state index >= 15 is 0 Å². The monoisotopic (exact) mass is 547 g/mol. The molecular formula is C24H22BrNO7S. The van der Waals surface area contributed by atoms with Crippen LogP contribution in [0.1, 0.15) is 68.5 Å². The second-order valence-electron chi connectivity index (χ2n) is 7.98. The molecule has 4 rings (SSSR count). The number of pyridine rings is 1. The fourth-order valence-corrected chi connectivity index (χ4v) is 5.71. The molecule has 0 fully saturated rings. The van der Waals surface area contributed by atoms with Gasteiger partial charge in [-0.15, -0.1) is 11.3 Å². The second-order valence-corrected chi connectivity index (χ2v) is 10.5. The molecule has 0 bridgehead atoms. The number of nitrogens with zero attached hydrogens (tertiary/aromatic N) is 1. The van der Waals surface area contributed by atoms with Crippen molar-refractivity contribution in [2.24, 2.45) is 0 Å². The number of rotatable bonds is 6. The number of halogens is 1. The van der Waals surface area contributed by atoms with Gasteiger partial charge in [0, 0.05) is 39.2 Å². The summed E-state index contributed by atoms with van der Waals surface area (Å²) in [5, 5.41) is 33.2. The first kappa shape index (κ1) is 24.2. The van der Waals surface area contributed by atoms with Crippen LogP contribution in [-0.2, 0) is 20.9 Å². The molecule has 1 aromatic carbocycles. The van der Waals surface area contributed by atoms with Crippen molar-refractivity contribution in [1.29, 1.82) is 0 Å². The lowest BCUT2D eigenvalue weighted by atomic mass is 9.85. The van der Waals surface area contributed by atoms with E-state index in [1.807, 2.05) is 0 Å². The van der Waals surface area contributed by atoms with Crippen LogP contribution in [0.5, 0.6) is 17.2 Å². The van der Waals surface area contributed by atoms with Crippen LogP contribution in [0.4, 0.5) is 0 Å². The summed E-state index contributed by atoms with van der Waals surface area (Å²) in [5.74, 6) is -2.59. The van der Waals surface area contributed by atoms with Crippen LogP contribution in [0.2, 0.25) is 0 Å². The molecule has 1 aliphatic rings. The third-order valence-corrected chi connectivity index (χ3v) is 7.65. The minimum Gasteiger partial charge on any atom is -0.507 e. The van der Waals surface area contributed by atoms with Gasteiger partial charge < -0.3 is 24.8 Å². The first-order valence-corrected chi connectivity index (χ1v) is 12.0. The topological polar surface area (TPSA) is 126 Å². The number of aryl methyl sites for hydroxylation is 1. The van der Waals surface area contributed by atoms with E-state index in [0.29, 0.717) is 21.7 Å². The van der Waals surface area contributed by atoms with Gasteiger partial charge in [-0.3, -0.25) is 14.6 Å². The smallest absolute Gasteiger partial charge is 0.306 e. The van der Waals surface area contributed by atoms with E-state index in [1.165, 1.54) is 31.4 Å². The molecule has 3 N–H and O–H groups in total. The third kappa shape index (κ3) is 4.17. The average molecular weight is 548 g/mol. The fraction of sp³-hybridized carbons (Fsp3) is 0.292. The number of fused-ring (bicyclic) bond motifs is 1. The van der Waals surface area contributed by atoms with Crippen LogP contribution in [0, 0.1) is 6.92 Å². The third-order valence-electron chi connectivity index (χ3n) is 5.91. The van der Waals surface area contributed by atoms with E-state index in [4.69, 9.17) is 9.47 Å². The van der Waals surface area contributed by atoms with Crippen molar-refractivity contribution in [1.82, 2.24) is 4.98 Å². The van der Waals surface area contributed by atoms with Crippen LogP contribution in [-0.4, -0.2) is 39.2 Å². The van der Waals surface area contributed by atoms with Crippen LogP contribution in [0.25, 0.3) is 0 Å². The molecule has 2 aromatic heterocycles. The van der Waals surface area contributed by atoms with Gasteiger partial charge in [0.25, 0.3) is 0 Å². The van der Waals surface area contributed by atoms with Crippen LogP contribution in [0.3, 0.4) is 0 Å². The van der Waals surface area contributed by atoms with Gasteiger partial charge in [0.1, 0.15) is 23.4 Å². The first-order chi connectivity index (χ1) is 16.1. The normalized spacial score (nSPS) is 15.7. The van der Waals surface area contributed by atoms with Crippen molar-refractivity contribution in [3.05, 3.63) is 66.6 Å².